The quantitative estimate of drug-likeness (QED) is 0.835. The molecule has 20 heavy (non-hydrogen) atoms. The van der Waals surface area contributed by atoms with Crippen LogP contribution in [0.4, 0.5) is 8.78 Å². The molecule has 7 heteroatoms. The van der Waals surface area contributed by atoms with Crippen LogP contribution in [-0.2, 0) is 17.9 Å². The van der Waals surface area contributed by atoms with Crippen LogP contribution in [0.15, 0.2) is 42.7 Å². The van der Waals surface area contributed by atoms with Gasteiger partial charge in [0.15, 0.2) is 0 Å². The third kappa shape index (κ3) is 4.07. The summed E-state index contributed by atoms with van der Waals surface area (Å²) in [5.74, 6) is -3.14. The second-order valence-corrected chi connectivity index (χ2v) is 4.43. The third-order valence-electron chi connectivity index (χ3n) is 2.78. The first-order valence-corrected chi connectivity index (χ1v) is 6.17. The van der Waals surface area contributed by atoms with Gasteiger partial charge in [0.05, 0.1) is 31.6 Å². The highest BCUT2D eigenvalue weighted by molar-refractivity contribution is 5.13. The Morgan fingerprint density at radius 2 is 1.85 bits per heavy atom. The molecule has 0 saturated carbocycles. The van der Waals surface area contributed by atoms with E-state index in [4.69, 9.17) is 10.5 Å². The van der Waals surface area contributed by atoms with E-state index in [2.05, 4.69) is 10.2 Å². The summed E-state index contributed by atoms with van der Waals surface area (Å²) in [6.45, 7) is -0.762. The number of ether oxygens (including phenoxy) is 1. The number of halogens is 2. The maximum absolute atomic E-state index is 13.8. The van der Waals surface area contributed by atoms with Crippen molar-refractivity contribution in [1.29, 1.82) is 0 Å². The van der Waals surface area contributed by atoms with Gasteiger partial charge in [0.25, 0.3) is 5.92 Å². The monoisotopic (exact) mass is 282 g/mol. The summed E-state index contributed by atoms with van der Waals surface area (Å²) in [5, 5.41) is 7.50. The minimum Gasteiger partial charge on any atom is -0.370 e. The van der Waals surface area contributed by atoms with Crippen molar-refractivity contribution in [3.63, 3.8) is 0 Å². The number of alkyl halides is 2. The minimum atomic E-state index is -3.14. The molecular formula is C13H16F2N4O. The number of nitrogens with zero attached hydrogens (tertiary/aromatic N) is 3. The zero-order valence-corrected chi connectivity index (χ0v) is 10.8. The normalized spacial score (nSPS) is 13.3. The van der Waals surface area contributed by atoms with Crippen molar-refractivity contribution in [3.05, 3.63) is 48.3 Å². The predicted molar refractivity (Wildman–Crippen MR) is 69.0 cm³/mol. The van der Waals surface area contributed by atoms with Crippen molar-refractivity contribution in [3.8, 4) is 0 Å². The SMILES string of the molecule is NC(Cn1nccn1)C(F)(F)COCc1ccccc1. The van der Waals surface area contributed by atoms with E-state index >= 15 is 0 Å². The summed E-state index contributed by atoms with van der Waals surface area (Å²) in [5.41, 5.74) is 6.33. The smallest absolute Gasteiger partial charge is 0.287 e. The average molecular weight is 282 g/mol. The van der Waals surface area contributed by atoms with Gasteiger partial charge in [0, 0.05) is 0 Å². The van der Waals surface area contributed by atoms with Gasteiger partial charge in [-0.3, -0.25) is 0 Å². The van der Waals surface area contributed by atoms with Crippen LogP contribution < -0.4 is 5.73 Å². The van der Waals surface area contributed by atoms with Crippen LogP contribution in [0.25, 0.3) is 0 Å². The Balaban J connectivity index is 1.80. The lowest BCUT2D eigenvalue weighted by Gasteiger charge is -2.22. The molecule has 0 aliphatic heterocycles. The Labute approximate surface area is 115 Å². The zero-order chi connectivity index (χ0) is 14.4. The Morgan fingerprint density at radius 3 is 2.50 bits per heavy atom. The van der Waals surface area contributed by atoms with Crippen molar-refractivity contribution in [1.82, 2.24) is 15.0 Å². The molecule has 0 radical (unpaired) electrons. The van der Waals surface area contributed by atoms with E-state index in [1.54, 1.807) is 0 Å². The number of hydrogen-bond acceptors (Lipinski definition) is 4. The molecular weight excluding hydrogens is 266 g/mol. The first-order chi connectivity index (χ1) is 9.58. The number of hydrogen-bond donors (Lipinski definition) is 1. The lowest BCUT2D eigenvalue weighted by atomic mass is 10.1. The van der Waals surface area contributed by atoms with E-state index in [1.165, 1.54) is 12.4 Å². The second-order valence-electron chi connectivity index (χ2n) is 4.43. The van der Waals surface area contributed by atoms with Gasteiger partial charge < -0.3 is 10.5 Å². The van der Waals surface area contributed by atoms with Gasteiger partial charge in [-0.2, -0.15) is 15.0 Å². The molecule has 1 heterocycles. The van der Waals surface area contributed by atoms with Crippen LogP contribution in [0, 0.1) is 0 Å². The molecule has 1 aromatic heterocycles. The number of benzene rings is 1. The van der Waals surface area contributed by atoms with Gasteiger partial charge in [0.2, 0.25) is 0 Å². The third-order valence-corrected chi connectivity index (χ3v) is 2.78. The van der Waals surface area contributed by atoms with E-state index in [1.807, 2.05) is 30.3 Å². The molecule has 0 aliphatic carbocycles. The highest BCUT2D eigenvalue weighted by Gasteiger charge is 2.38. The van der Waals surface area contributed by atoms with E-state index < -0.39 is 18.6 Å². The fraction of sp³-hybridized carbons (Fsp3) is 0.385. The zero-order valence-electron chi connectivity index (χ0n) is 10.8. The van der Waals surface area contributed by atoms with Crippen LogP contribution in [0.5, 0.6) is 0 Å². The molecule has 5 nitrogen and oxygen atoms in total. The Bertz CT molecular complexity index is 504. The molecule has 1 unspecified atom stereocenters. The van der Waals surface area contributed by atoms with Crippen molar-refractivity contribution < 1.29 is 13.5 Å². The van der Waals surface area contributed by atoms with Crippen LogP contribution in [0.2, 0.25) is 0 Å². The van der Waals surface area contributed by atoms with Crippen molar-refractivity contribution in [2.24, 2.45) is 5.73 Å². The maximum Gasteiger partial charge on any atom is 0.287 e. The summed E-state index contributed by atoms with van der Waals surface area (Å²) in [6.07, 6.45) is 2.83. The van der Waals surface area contributed by atoms with Gasteiger partial charge in [-0.1, -0.05) is 30.3 Å². The summed E-state index contributed by atoms with van der Waals surface area (Å²) in [4.78, 5) is 1.13. The maximum atomic E-state index is 13.8. The Hall–Kier alpha value is -1.86. The number of rotatable bonds is 7. The molecule has 0 saturated heterocycles. The van der Waals surface area contributed by atoms with E-state index in [9.17, 15) is 8.78 Å². The van der Waals surface area contributed by atoms with Crippen LogP contribution in [0.1, 0.15) is 5.56 Å². The molecule has 0 spiro atoms. The van der Waals surface area contributed by atoms with E-state index in [0.29, 0.717) is 0 Å². The van der Waals surface area contributed by atoms with Crippen molar-refractivity contribution in [2.45, 2.75) is 25.1 Å². The lowest BCUT2D eigenvalue weighted by molar-refractivity contribution is -0.101. The molecule has 1 atom stereocenters. The molecule has 108 valence electrons. The van der Waals surface area contributed by atoms with Crippen LogP contribution in [-0.4, -0.2) is 33.6 Å². The largest absolute Gasteiger partial charge is 0.370 e. The van der Waals surface area contributed by atoms with Gasteiger partial charge in [-0.05, 0) is 5.56 Å². The molecule has 0 amide bonds. The standard InChI is InChI=1S/C13H16F2N4O/c14-13(15,12(16)8-19-17-6-7-18-19)10-20-9-11-4-2-1-3-5-11/h1-7,12H,8-10,16H2. The predicted octanol–water partition coefficient (Wildman–Crippen LogP) is 1.46. The highest BCUT2D eigenvalue weighted by Crippen LogP contribution is 2.19. The summed E-state index contributed by atoms with van der Waals surface area (Å²) < 4.78 is 32.6. The fourth-order valence-electron chi connectivity index (χ4n) is 1.63. The first kappa shape index (κ1) is 14.5. The Kier molecular flexibility index (Phi) is 4.75. The molecule has 0 bridgehead atoms. The summed E-state index contributed by atoms with van der Waals surface area (Å²) in [7, 11) is 0. The second kappa shape index (κ2) is 6.53. The lowest BCUT2D eigenvalue weighted by Crippen LogP contribution is -2.47. The number of aromatic nitrogens is 3. The molecule has 1 aromatic carbocycles. The van der Waals surface area contributed by atoms with Crippen molar-refractivity contribution in [2.75, 3.05) is 6.61 Å². The number of nitrogens with two attached hydrogens (primary N) is 1. The minimum absolute atomic E-state index is 0.128. The van der Waals surface area contributed by atoms with Gasteiger partial charge in [-0.15, -0.1) is 0 Å². The van der Waals surface area contributed by atoms with Gasteiger partial charge in [-0.25, -0.2) is 8.78 Å². The molecule has 0 aliphatic rings. The van der Waals surface area contributed by atoms with Crippen LogP contribution in [0.3, 0.4) is 0 Å². The average Bonchev–Trinajstić information content (AvgIpc) is 2.92. The first-order valence-electron chi connectivity index (χ1n) is 6.17. The Morgan fingerprint density at radius 1 is 1.20 bits per heavy atom. The highest BCUT2D eigenvalue weighted by atomic mass is 19.3. The summed E-state index contributed by atoms with van der Waals surface area (Å²) >= 11 is 0. The van der Waals surface area contributed by atoms with Gasteiger partial charge in [0.1, 0.15) is 6.61 Å². The molecule has 0 fully saturated rings. The topological polar surface area (TPSA) is 66.0 Å². The molecule has 2 aromatic rings. The van der Waals surface area contributed by atoms with Crippen LogP contribution >= 0.6 is 0 Å². The summed E-state index contributed by atoms with van der Waals surface area (Å²) in [6, 6.07) is 7.73. The van der Waals surface area contributed by atoms with E-state index in [0.717, 1.165) is 10.4 Å². The van der Waals surface area contributed by atoms with Crippen molar-refractivity contribution >= 4 is 0 Å². The van der Waals surface area contributed by atoms with Gasteiger partial charge >= 0.3 is 0 Å². The van der Waals surface area contributed by atoms with E-state index in [-0.39, 0.29) is 13.2 Å². The fourth-order valence-corrected chi connectivity index (χ4v) is 1.63. The molecule has 2 rings (SSSR count). The molecule has 2 N–H and O–H groups in total.